The van der Waals surface area contributed by atoms with Crippen LogP contribution >= 0.6 is 0 Å². The molecule has 1 rings (SSSR count). The maximum absolute atomic E-state index is 12.7. The van der Waals surface area contributed by atoms with Crippen molar-refractivity contribution in [1.82, 2.24) is 0 Å². The van der Waals surface area contributed by atoms with Gasteiger partial charge >= 0.3 is 6.18 Å². The molecule has 1 aromatic carbocycles. The van der Waals surface area contributed by atoms with Crippen LogP contribution in [0.25, 0.3) is 0 Å². The molecule has 0 bridgehead atoms. The lowest BCUT2D eigenvalue weighted by Gasteiger charge is -2.16. The number of hydrogen-bond donors (Lipinski definition) is 1. The van der Waals surface area contributed by atoms with Gasteiger partial charge in [-0.05, 0) is 18.1 Å². The van der Waals surface area contributed by atoms with Gasteiger partial charge in [0.1, 0.15) is 0 Å². The SMILES string of the molecule is COCC(C)CNc1ccccc1C(F)(F)F. The van der Waals surface area contributed by atoms with Gasteiger partial charge in [-0.3, -0.25) is 0 Å². The monoisotopic (exact) mass is 247 g/mol. The number of rotatable bonds is 5. The number of hydrogen-bond acceptors (Lipinski definition) is 2. The van der Waals surface area contributed by atoms with Crippen molar-refractivity contribution in [3.63, 3.8) is 0 Å². The average molecular weight is 247 g/mol. The Kier molecular flexibility index (Phi) is 4.81. The minimum atomic E-state index is -4.33. The fraction of sp³-hybridized carbons (Fsp3) is 0.500. The van der Waals surface area contributed by atoms with Crippen LogP contribution in [0, 0.1) is 5.92 Å². The van der Waals surface area contributed by atoms with Gasteiger partial charge in [0.2, 0.25) is 0 Å². The summed E-state index contributed by atoms with van der Waals surface area (Å²) < 4.78 is 42.9. The van der Waals surface area contributed by atoms with Crippen molar-refractivity contribution in [2.45, 2.75) is 13.1 Å². The number of ether oxygens (including phenoxy) is 1. The van der Waals surface area contributed by atoms with E-state index >= 15 is 0 Å². The third kappa shape index (κ3) is 4.26. The highest BCUT2D eigenvalue weighted by atomic mass is 19.4. The van der Waals surface area contributed by atoms with Gasteiger partial charge < -0.3 is 10.1 Å². The van der Waals surface area contributed by atoms with Gasteiger partial charge in [0.15, 0.2) is 0 Å². The molecule has 0 radical (unpaired) electrons. The van der Waals surface area contributed by atoms with Crippen LogP contribution in [0.15, 0.2) is 24.3 Å². The van der Waals surface area contributed by atoms with E-state index in [0.29, 0.717) is 13.2 Å². The third-order valence-electron chi connectivity index (χ3n) is 2.32. The van der Waals surface area contributed by atoms with Gasteiger partial charge in [0.25, 0.3) is 0 Å². The molecule has 1 N–H and O–H groups in total. The van der Waals surface area contributed by atoms with Crippen LogP contribution in [0.1, 0.15) is 12.5 Å². The van der Waals surface area contributed by atoms with Gasteiger partial charge in [0.05, 0.1) is 12.2 Å². The van der Waals surface area contributed by atoms with Gasteiger partial charge in [-0.1, -0.05) is 19.1 Å². The molecule has 0 saturated heterocycles. The summed E-state index contributed by atoms with van der Waals surface area (Å²) in [7, 11) is 1.57. The van der Waals surface area contributed by atoms with Gasteiger partial charge in [-0.25, -0.2) is 0 Å². The van der Waals surface area contributed by atoms with E-state index in [0.717, 1.165) is 6.07 Å². The van der Waals surface area contributed by atoms with Crippen molar-refractivity contribution < 1.29 is 17.9 Å². The maximum Gasteiger partial charge on any atom is 0.418 e. The number of anilines is 1. The van der Waals surface area contributed by atoms with E-state index in [9.17, 15) is 13.2 Å². The Labute approximate surface area is 98.8 Å². The molecule has 0 aliphatic rings. The summed E-state index contributed by atoms with van der Waals surface area (Å²) >= 11 is 0. The van der Waals surface area contributed by atoms with Gasteiger partial charge in [-0.15, -0.1) is 0 Å². The van der Waals surface area contributed by atoms with E-state index in [1.807, 2.05) is 6.92 Å². The second-order valence-corrected chi connectivity index (χ2v) is 3.98. The first-order chi connectivity index (χ1) is 7.95. The molecular formula is C12H16F3NO. The van der Waals surface area contributed by atoms with E-state index < -0.39 is 11.7 Å². The number of methoxy groups -OCH3 is 1. The average Bonchev–Trinajstić information content (AvgIpc) is 2.26. The second kappa shape index (κ2) is 5.91. The lowest BCUT2D eigenvalue weighted by Crippen LogP contribution is -2.18. The molecule has 0 amide bonds. The molecule has 2 nitrogen and oxygen atoms in total. The van der Waals surface area contributed by atoms with Crippen molar-refractivity contribution in [2.24, 2.45) is 5.92 Å². The zero-order valence-electron chi connectivity index (χ0n) is 9.84. The van der Waals surface area contributed by atoms with Crippen molar-refractivity contribution in [1.29, 1.82) is 0 Å². The van der Waals surface area contributed by atoms with E-state index in [-0.39, 0.29) is 11.6 Å². The molecule has 5 heteroatoms. The van der Waals surface area contributed by atoms with E-state index in [1.54, 1.807) is 13.2 Å². The van der Waals surface area contributed by atoms with Crippen LogP contribution in [0.4, 0.5) is 18.9 Å². The molecule has 0 fully saturated rings. The molecule has 0 saturated carbocycles. The second-order valence-electron chi connectivity index (χ2n) is 3.98. The molecule has 96 valence electrons. The van der Waals surface area contributed by atoms with Crippen LogP contribution in [-0.4, -0.2) is 20.3 Å². The Morgan fingerprint density at radius 1 is 1.29 bits per heavy atom. The lowest BCUT2D eigenvalue weighted by molar-refractivity contribution is -0.136. The summed E-state index contributed by atoms with van der Waals surface area (Å²) in [6, 6.07) is 5.47. The molecule has 0 aromatic heterocycles. The molecular weight excluding hydrogens is 231 g/mol. The molecule has 1 atom stereocenters. The van der Waals surface area contributed by atoms with Crippen LogP contribution in [0.3, 0.4) is 0 Å². The predicted octanol–water partition coefficient (Wildman–Crippen LogP) is 3.40. The fourth-order valence-electron chi connectivity index (χ4n) is 1.51. The summed E-state index contributed by atoms with van der Waals surface area (Å²) in [4.78, 5) is 0. The minimum Gasteiger partial charge on any atom is -0.384 e. The Morgan fingerprint density at radius 2 is 1.94 bits per heavy atom. The van der Waals surface area contributed by atoms with E-state index in [1.165, 1.54) is 12.1 Å². The highest BCUT2D eigenvalue weighted by molar-refractivity contribution is 5.52. The number of para-hydroxylation sites is 1. The topological polar surface area (TPSA) is 21.3 Å². The maximum atomic E-state index is 12.7. The molecule has 0 aliphatic carbocycles. The first-order valence-electron chi connectivity index (χ1n) is 5.34. The zero-order chi connectivity index (χ0) is 12.9. The van der Waals surface area contributed by atoms with E-state index in [2.05, 4.69) is 5.32 Å². The largest absolute Gasteiger partial charge is 0.418 e. The summed E-state index contributed by atoms with van der Waals surface area (Å²) in [5, 5.41) is 2.80. The van der Waals surface area contributed by atoms with Crippen LogP contribution in [0.2, 0.25) is 0 Å². The third-order valence-corrected chi connectivity index (χ3v) is 2.32. The van der Waals surface area contributed by atoms with Gasteiger partial charge in [0, 0.05) is 19.3 Å². The standard InChI is InChI=1S/C12H16F3NO/c1-9(8-17-2)7-16-11-6-4-3-5-10(11)12(13,14)15/h3-6,9,16H,7-8H2,1-2H3. The summed E-state index contributed by atoms with van der Waals surface area (Å²) in [6.45, 7) is 2.87. The highest BCUT2D eigenvalue weighted by Gasteiger charge is 2.33. The Morgan fingerprint density at radius 3 is 2.53 bits per heavy atom. The molecule has 17 heavy (non-hydrogen) atoms. The van der Waals surface area contributed by atoms with E-state index in [4.69, 9.17) is 4.74 Å². The Balaban J connectivity index is 2.71. The lowest BCUT2D eigenvalue weighted by atomic mass is 10.1. The summed E-state index contributed by atoms with van der Waals surface area (Å²) in [6.07, 6.45) is -4.33. The molecule has 0 spiro atoms. The van der Waals surface area contributed by atoms with Crippen molar-refractivity contribution >= 4 is 5.69 Å². The first-order valence-corrected chi connectivity index (χ1v) is 5.34. The van der Waals surface area contributed by atoms with Crippen molar-refractivity contribution in [2.75, 3.05) is 25.6 Å². The molecule has 1 unspecified atom stereocenters. The highest BCUT2D eigenvalue weighted by Crippen LogP contribution is 2.34. The quantitative estimate of drug-likeness (QED) is 0.861. The first kappa shape index (κ1) is 13.8. The van der Waals surface area contributed by atoms with Crippen LogP contribution in [0.5, 0.6) is 0 Å². The number of nitrogens with one attached hydrogen (secondary N) is 1. The Bertz CT molecular complexity index is 352. The number of halogens is 3. The van der Waals surface area contributed by atoms with Crippen LogP contribution < -0.4 is 5.32 Å². The predicted molar refractivity (Wildman–Crippen MR) is 61.0 cm³/mol. The summed E-state index contributed by atoms with van der Waals surface area (Å²) in [5.41, 5.74) is -0.521. The number of benzene rings is 1. The molecule has 0 aliphatic heterocycles. The molecule has 1 aromatic rings. The summed E-state index contributed by atoms with van der Waals surface area (Å²) in [5.74, 6) is 0.154. The number of alkyl halides is 3. The van der Waals surface area contributed by atoms with Crippen molar-refractivity contribution in [3.05, 3.63) is 29.8 Å². The smallest absolute Gasteiger partial charge is 0.384 e. The van der Waals surface area contributed by atoms with Crippen molar-refractivity contribution in [3.8, 4) is 0 Å². The minimum absolute atomic E-state index is 0.114. The normalized spacial score (nSPS) is 13.5. The molecule has 0 heterocycles. The fourth-order valence-corrected chi connectivity index (χ4v) is 1.51. The zero-order valence-corrected chi connectivity index (χ0v) is 9.84. The van der Waals surface area contributed by atoms with Crippen LogP contribution in [-0.2, 0) is 10.9 Å². The Hall–Kier alpha value is -1.23. The van der Waals surface area contributed by atoms with Gasteiger partial charge in [-0.2, -0.15) is 13.2 Å².